The summed E-state index contributed by atoms with van der Waals surface area (Å²) in [7, 11) is 0. The molecule has 0 unspecified atom stereocenters. The Balaban J connectivity index is 0.752. The lowest BCUT2D eigenvalue weighted by atomic mass is 9.92. The van der Waals surface area contributed by atoms with Crippen molar-refractivity contribution in [1.82, 2.24) is 58.1 Å². The third kappa shape index (κ3) is 25.4. The van der Waals surface area contributed by atoms with Gasteiger partial charge in [-0.25, -0.2) is 39.9 Å². The summed E-state index contributed by atoms with van der Waals surface area (Å²) >= 11 is 0. The van der Waals surface area contributed by atoms with Crippen molar-refractivity contribution in [3.63, 3.8) is 0 Å². The first-order chi connectivity index (χ1) is 59.9. The summed E-state index contributed by atoms with van der Waals surface area (Å²) in [6.45, 7) is 23.3. The van der Waals surface area contributed by atoms with Crippen LogP contribution in [0.5, 0.6) is 0 Å². The summed E-state index contributed by atoms with van der Waals surface area (Å²) < 4.78 is 81.1. The molecule has 8 aromatic heterocycles. The number of hydrogen-bond acceptors (Lipinski definition) is 28. The molecule has 672 valence electrons. The number of aromatic nitrogens is 12. The first-order valence-electron chi connectivity index (χ1n) is 42.9. The second-order valence-corrected chi connectivity index (χ2v) is 34.1. The molecule has 0 fully saturated rings. The van der Waals surface area contributed by atoms with Crippen LogP contribution in [0, 0.1) is 5.41 Å². The molecule has 0 bridgehead atoms. The molecule has 0 aliphatic rings. The monoisotopic (exact) mass is 1720 g/mol. The van der Waals surface area contributed by atoms with Crippen molar-refractivity contribution in [2.75, 3.05) is 132 Å². The Bertz CT molecular complexity index is 5000. The second kappa shape index (κ2) is 43.3. The Hall–Kier alpha value is -9.56. The Kier molecular flexibility index (Phi) is 32.8. The smallest absolute Gasteiger partial charge is 0.164 e. The number of carbonyl (C=O) groups is 4. The third-order valence-corrected chi connectivity index (χ3v) is 20.5. The Morgan fingerprint density at radius 3 is 0.688 bits per heavy atom. The molecule has 4 aromatic carbocycles. The van der Waals surface area contributed by atoms with Crippen LogP contribution in [0.25, 0.3) is 87.7 Å². The number of rotatable bonds is 56. The number of carbonyl (C=O) groups excluding carboxylic acids is 4. The number of ether oxygens (including phenoxy) is 12. The van der Waals surface area contributed by atoms with Crippen LogP contribution in [0.15, 0.2) is 97.1 Å². The zero-order chi connectivity index (χ0) is 89.1. The summed E-state index contributed by atoms with van der Waals surface area (Å²) in [6.07, 6.45) is -0.414. The van der Waals surface area contributed by atoms with Crippen LogP contribution in [0.3, 0.4) is 0 Å². The molecule has 0 radical (unpaired) electrons. The summed E-state index contributed by atoms with van der Waals surface area (Å²) in [5.41, 5.74) is 3.88. The second-order valence-electron chi connectivity index (χ2n) is 34.1. The number of benzene rings is 4. The summed E-state index contributed by atoms with van der Waals surface area (Å²) in [5, 5.41) is 47.7. The molecule has 0 aliphatic heterocycles. The lowest BCUT2D eigenvalue weighted by Gasteiger charge is -2.33. The van der Waals surface area contributed by atoms with Crippen LogP contribution < -0.4 is 0 Å². The van der Waals surface area contributed by atoms with Crippen molar-refractivity contribution < 1.29 is 96.4 Å². The van der Waals surface area contributed by atoms with E-state index in [1.165, 1.54) is 0 Å². The molecule has 32 nitrogen and oxygen atoms in total. The van der Waals surface area contributed by atoms with Gasteiger partial charge in [-0.05, 0) is 107 Å². The number of para-hydroxylation sites is 4. The van der Waals surface area contributed by atoms with Crippen molar-refractivity contribution in [2.45, 2.75) is 184 Å². The van der Waals surface area contributed by atoms with Crippen LogP contribution in [-0.2, 0) is 154 Å². The van der Waals surface area contributed by atoms with Gasteiger partial charge in [0.05, 0.1) is 226 Å². The van der Waals surface area contributed by atoms with E-state index in [1.54, 1.807) is 55.4 Å². The van der Waals surface area contributed by atoms with Gasteiger partial charge in [-0.15, -0.1) is 0 Å². The van der Waals surface area contributed by atoms with Gasteiger partial charge in [-0.3, -0.25) is 19.2 Å². The topological polar surface area (TPSA) is 383 Å². The average molecular weight is 1730 g/mol. The van der Waals surface area contributed by atoms with E-state index in [-0.39, 0.29) is 207 Å². The van der Waals surface area contributed by atoms with E-state index in [0.29, 0.717) is 117 Å². The molecule has 12 rings (SSSR count). The third-order valence-electron chi connectivity index (χ3n) is 20.5. The van der Waals surface area contributed by atoms with E-state index in [9.17, 15) is 39.6 Å². The fourth-order valence-corrected chi connectivity index (χ4v) is 15.3. The SMILES string of the molecule is CCOCc1nc2c(CC(=O)COCCOCC(COCCOCC(=O)Cc3nc4ccccc4c4c3nc(COCC)n4CC(C)(C)O)(COCCOCC(=O)Cc3nc4ccccc4c4c3nc(COCC)n4CC(C)(C)O)COCCOCC(=O)Cc3nc4ccccc4c4c3nc(COCC)n4CC(C)(C)O)nc3ccccc3c2n1CC(C)(C)O. The van der Waals surface area contributed by atoms with Gasteiger partial charge in [0, 0.05) is 48.0 Å². The van der Waals surface area contributed by atoms with Crippen molar-refractivity contribution in [2.24, 2.45) is 5.41 Å². The normalized spacial score (nSPS) is 12.7. The molecule has 125 heavy (non-hydrogen) atoms. The molecule has 4 N–H and O–H groups in total. The predicted octanol–water partition coefficient (Wildman–Crippen LogP) is 10.2. The zero-order valence-corrected chi connectivity index (χ0v) is 74.1. The van der Waals surface area contributed by atoms with Crippen molar-refractivity contribution in [3.8, 4) is 0 Å². The predicted molar refractivity (Wildman–Crippen MR) is 470 cm³/mol. The number of ketones is 4. The molecule has 0 saturated carbocycles. The van der Waals surface area contributed by atoms with Crippen molar-refractivity contribution in [1.29, 1.82) is 0 Å². The van der Waals surface area contributed by atoms with Crippen LogP contribution in [0.1, 0.15) is 129 Å². The summed E-state index contributed by atoms with van der Waals surface area (Å²) in [5.74, 6) is 1.29. The van der Waals surface area contributed by atoms with Gasteiger partial charge in [0.15, 0.2) is 23.1 Å². The highest BCUT2D eigenvalue weighted by atomic mass is 16.6. The van der Waals surface area contributed by atoms with Gasteiger partial charge in [-0.1, -0.05) is 72.8 Å². The van der Waals surface area contributed by atoms with E-state index < -0.39 is 27.8 Å². The highest BCUT2D eigenvalue weighted by Crippen LogP contribution is 2.36. The Labute approximate surface area is 726 Å². The highest BCUT2D eigenvalue weighted by molar-refractivity contribution is 6.08. The number of aliphatic hydroxyl groups is 4. The molecule has 0 amide bonds. The lowest BCUT2D eigenvalue weighted by Crippen LogP contribution is -2.43. The van der Waals surface area contributed by atoms with Crippen molar-refractivity contribution >= 4 is 111 Å². The molecule has 0 saturated heterocycles. The number of fused-ring (bicyclic) bond motifs is 12. The first kappa shape index (κ1) is 94.6. The molecular formula is C93H120N12O20. The first-order valence-corrected chi connectivity index (χ1v) is 42.9. The molecule has 0 spiro atoms. The van der Waals surface area contributed by atoms with E-state index in [1.807, 2.05) is 143 Å². The fraction of sp³-hybridized carbons (Fsp3) is 0.527. The van der Waals surface area contributed by atoms with E-state index >= 15 is 0 Å². The minimum Gasteiger partial charge on any atom is -0.389 e. The maximum atomic E-state index is 14.0. The number of Topliss-reactive ketones (excluding diaryl/α,β-unsaturated/α-hetero) is 4. The van der Waals surface area contributed by atoms with E-state index in [0.717, 1.165) is 43.6 Å². The van der Waals surface area contributed by atoms with E-state index in [4.69, 9.17) is 96.7 Å². The van der Waals surface area contributed by atoms with Gasteiger partial charge in [0.25, 0.3) is 0 Å². The van der Waals surface area contributed by atoms with Crippen LogP contribution in [0.4, 0.5) is 0 Å². The number of imidazole rings is 4. The summed E-state index contributed by atoms with van der Waals surface area (Å²) in [4.78, 5) is 95.7. The van der Waals surface area contributed by atoms with Gasteiger partial charge in [0.1, 0.15) is 98.2 Å². The Morgan fingerprint density at radius 1 is 0.288 bits per heavy atom. The largest absolute Gasteiger partial charge is 0.389 e. The van der Waals surface area contributed by atoms with Crippen molar-refractivity contribution in [3.05, 3.63) is 143 Å². The number of nitrogens with zero attached hydrogens (tertiary/aromatic N) is 12. The minimum atomic E-state index is -1.12. The molecule has 8 heterocycles. The van der Waals surface area contributed by atoms with E-state index in [2.05, 4.69) is 0 Å². The van der Waals surface area contributed by atoms with Gasteiger partial charge < -0.3 is 95.5 Å². The molecule has 0 aliphatic carbocycles. The zero-order valence-electron chi connectivity index (χ0n) is 74.1. The average Bonchev–Trinajstić information content (AvgIpc) is 1.63. The Morgan fingerprint density at radius 2 is 0.488 bits per heavy atom. The number of hydrogen-bond donors (Lipinski definition) is 4. The molecular weight excluding hydrogens is 1610 g/mol. The van der Waals surface area contributed by atoms with Gasteiger partial charge in [0.2, 0.25) is 0 Å². The molecule has 0 atom stereocenters. The minimum absolute atomic E-state index is 0.000899. The highest BCUT2D eigenvalue weighted by Gasteiger charge is 2.35. The lowest BCUT2D eigenvalue weighted by molar-refractivity contribution is -0.130. The summed E-state index contributed by atoms with van der Waals surface area (Å²) in [6, 6.07) is 30.4. The van der Waals surface area contributed by atoms with Gasteiger partial charge >= 0.3 is 0 Å². The van der Waals surface area contributed by atoms with Crippen LogP contribution in [-0.4, -0.2) is 256 Å². The molecule has 12 aromatic rings. The number of pyridine rings is 4. The maximum Gasteiger partial charge on any atom is 0.164 e. The van der Waals surface area contributed by atoms with Crippen LogP contribution >= 0.6 is 0 Å². The maximum absolute atomic E-state index is 14.0. The standard InChI is InChI=1S/C93H120N12O20/c1-13-114-49-77-98-81-73(94-69-29-21-17-25-65(69)85(81)102(77)53-89(5,6)110)41-61(106)45-118-33-37-122-57-93(58-123-38-34-119-46-62(107)42-74-82-86(66-26-18-22-30-70(66)95-74)103(54-90(7,8)111)78(99-82)50-115-14-2,59-124-39-35-120-47-63(108)43-75-83-87(67-27-19-23-31-71(67)96-75)104(55-91(9,10)112)79(100-83)51-116-15-3)60-125-40-36-121-48-64(109)44-76-84-88(68-28-20-24-32-72(68)97-76)105(56-92(11,12)113)80(101-84)52-117-16-4/h17-32,110-113H,13-16,33-60H2,1-12H3. The fourth-order valence-electron chi connectivity index (χ4n) is 15.3. The van der Waals surface area contributed by atoms with Crippen LogP contribution in [0.2, 0.25) is 0 Å². The molecule has 32 heteroatoms. The van der Waals surface area contributed by atoms with Gasteiger partial charge in [-0.2, -0.15) is 0 Å². The quantitative estimate of drug-likeness (QED) is 0.0257.